The van der Waals surface area contributed by atoms with Crippen LogP contribution in [0.5, 0.6) is 5.75 Å². The second kappa shape index (κ2) is 12.4. The maximum Gasteiger partial charge on any atom is 0.343 e. The van der Waals surface area contributed by atoms with Crippen molar-refractivity contribution >= 4 is 23.4 Å². The number of aromatic amines is 1. The van der Waals surface area contributed by atoms with Gasteiger partial charge in [-0.25, -0.2) is 9.59 Å². The van der Waals surface area contributed by atoms with Crippen molar-refractivity contribution in [1.29, 1.82) is 0 Å². The third kappa shape index (κ3) is 6.39. The summed E-state index contributed by atoms with van der Waals surface area (Å²) >= 11 is 0. The van der Waals surface area contributed by atoms with E-state index in [1.807, 2.05) is 30.3 Å². The molecule has 3 N–H and O–H groups in total. The van der Waals surface area contributed by atoms with E-state index < -0.39 is 23.1 Å². The van der Waals surface area contributed by atoms with Gasteiger partial charge in [0.1, 0.15) is 11.6 Å². The molecule has 1 aromatic heterocycles. The number of ether oxygens (including phenoxy) is 3. The summed E-state index contributed by atoms with van der Waals surface area (Å²) < 4.78 is 16.3. The molecule has 0 radical (unpaired) electrons. The van der Waals surface area contributed by atoms with Crippen LogP contribution < -0.4 is 26.6 Å². The van der Waals surface area contributed by atoms with E-state index in [1.165, 1.54) is 29.8 Å². The fourth-order valence-electron chi connectivity index (χ4n) is 3.52. The largest absolute Gasteiger partial charge is 0.482 e. The van der Waals surface area contributed by atoms with Gasteiger partial charge < -0.3 is 24.8 Å². The molecule has 3 rings (SSSR count). The van der Waals surface area contributed by atoms with Crippen molar-refractivity contribution < 1.29 is 23.8 Å². The molecule has 3 aromatic rings. The molecule has 2 aromatic carbocycles. The lowest BCUT2D eigenvalue weighted by atomic mass is 10.1. The summed E-state index contributed by atoms with van der Waals surface area (Å²) in [5.74, 6) is -1.000. The number of amides is 1. The maximum absolute atomic E-state index is 13.6. The number of hydrogen-bond acceptors (Lipinski definition) is 8. The number of carbonyl (C=O) groups is 2. The zero-order valence-electron chi connectivity index (χ0n) is 20.1. The number of esters is 1. The van der Waals surface area contributed by atoms with Gasteiger partial charge in [-0.05, 0) is 30.2 Å². The molecule has 0 bridgehead atoms. The van der Waals surface area contributed by atoms with E-state index in [-0.39, 0.29) is 42.5 Å². The molecule has 1 amide bonds. The van der Waals surface area contributed by atoms with Crippen LogP contribution in [-0.4, -0.2) is 55.4 Å². The number of nitrogens with zero attached hydrogens (tertiary/aromatic N) is 2. The van der Waals surface area contributed by atoms with Crippen LogP contribution in [0, 0.1) is 0 Å². The highest BCUT2D eigenvalue weighted by molar-refractivity contribution is 6.07. The van der Waals surface area contributed by atoms with Gasteiger partial charge in [-0.3, -0.25) is 19.1 Å². The summed E-state index contributed by atoms with van der Waals surface area (Å²) in [6.07, 6.45) is 0.400. The molecular weight excluding hydrogens is 468 g/mol. The monoisotopic (exact) mass is 496 g/mol. The average molecular weight is 497 g/mol. The Morgan fingerprint density at radius 3 is 2.50 bits per heavy atom. The summed E-state index contributed by atoms with van der Waals surface area (Å²) in [5.41, 5.74) is 5.68. The van der Waals surface area contributed by atoms with Gasteiger partial charge in [0.05, 0.1) is 13.7 Å². The van der Waals surface area contributed by atoms with Crippen LogP contribution in [0.2, 0.25) is 0 Å². The summed E-state index contributed by atoms with van der Waals surface area (Å²) in [6, 6.07) is 15.3. The molecule has 0 unspecified atom stereocenters. The number of anilines is 2. The molecule has 11 heteroatoms. The molecular formula is C25H28N4O7. The predicted octanol–water partition coefficient (Wildman–Crippen LogP) is 1.40. The Labute approximate surface area is 207 Å². The van der Waals surface area contributed by atoms with Gasteiger partial charge in [0.15, 0.2) is 12.3 Å². The number of hydrogen-bond donors (Lipinski definition) is 2. The van der Waals surface area contributed by atoms with E-state index in [0.29, 0.717) is 13.0 Å². The van der Waals surface area contributed by atoms with Crippen LogP contribution in [0.3, 0.4) is 0 Å². The average Bonchev–Trinajstić information content (AvgIpc) is 2.89. The number of rotatable bonds is 11. The number of benzene rings is 2. The maximum atomic E-state index is 13.6. The van der Waals surface area contributed by atoms with E-state index in [2.05, 4.69) is 9.72 Å². The van der Waals surface area contributed by atoms with Crippen molar-refractivity contribution in [2.24, 2.45) is 0 Å². The zero-order valence-corrected chi connectivity index (χ0v) is 20.1. The Bertz CT molecular complexity index is 1320. The van der Waals surface area contributed by atoms with Crippen LogP contribution in [-0.2, 0) is 20.8 Å². The normalized spacial score (nSPS) is 10.6. The van der Waals surface area contributed by atoms with Gasteiger partial charge in [-0.2, -0.15) is 0 Å². The quantitative estimate of drug-likeness (QED) is 0.299. The Balaban J connectivity index is 2.01. The van der Waals surface area contributed by atoms with Gasteiger partial charge in [0.2, 0.25) is 0 Å². The lowest BCUT2D eigenvalue weighted by Crippen LogP contribution is -2.42. The third-order valence-corrected chi connectivity index (χ3v) is 5.31. The highest BCUT2D eigenvalue weighted by Crippen LogP contribution is 2.22. The van der Waals surface area contributed by atoms with Crippen LogP contribution in [0.25, 0.3) is 0 Å². The van der Waals surface area contributed by atoms with Crippen LogP contribution in [0.1, 0.15) is 22.3 Å². The van der Waals surface area contributed by atoms with Crippen molar-refractivity contribution in [1.82, 2.24) is 9.55 Å². The molecule has 11 nitrogen and oxygen atoms in total. The number of nitrogens with one attached hydrogen (secondary N) is 1. The number of aromatic nitrogens is 2. The van der Waals surface area contributed by atoms with E-state index in [1.54, 1.807) is 18.2 Å². The molecule has 0 atom stereocenters. The fraction of sp³-hybridized carbons (Fsp3) is 0.280. The van der Waals surface area contributed by atoms with Crippen LogP contribution in [0.15, 0.2) is 64.2 Å². The number of nitrogens with two attached hydrogens (primary N) is 1. The molecule has 1 heterocycles. The minimum absolute atomic E-state index is 0.0940. The lowest BCUT2D eigenvalue weighted by molar-refractivity contribution is -0.142. The van der Waals surface area contributed by atoms with E-state index >= 15 is 0 Å². The molecule has 190 valence electrons. The molecule has 0 aliphatic carbocycles. The van der Waals surface area contributed by atoms with Crippen LogP contribution in [0.4, 0.5) is 11.5 Å². The van der Waals surface area contributed by atoms with Gasteiger partial charge in [0.25, 0.3) is 11.5 Å². The van der Waals surface area contributed by atoms with Gasteiger partial charge in [-0.1, -0.05) is 36.4 Å². The van der Waals surface area contributed by atoms with E-state index in [4.69, 9.17) is 15.2 Å². The fourth-order valence-corrected chi connectivity index (χ4v) is 3.52. The molecule has 0 aliphatic rings. The smallest absolute Gasteiger partial charge is 0.343 e. The summed E-state index contributed by atoms with van der Waals surface area (Å²) in [6.45, 7) is 0.194. The minimum atomic E-state index is -0.786. The second-order valence-corrected chi connectivity index (χ2v) is 7.76. The number of methoxy groups -OCH3 is 2. The minimum Gasteiger partial charge on any atom is -0.482 e. The molecule has 0 saturated carbocycles. The summed E-state index contributed by atoms with van der Waals surface area (Å²) in [4.78, 5) is 54.0. The second-order valence-electron chi connectivity index (χ2n) is 7.76. The first-order valence-corrected chi connectivity index (χ1v) is 11.1. The standard InChI is InChI=1S/C25H28N4O7/c1-34-13-7-12-28(24(32)18-10-6-11-19(14-18)36-16-20(30)35-2)21-22(26)29(25(33)27-23(21)31)15-17-8-4-3-5-9-17/h3-6,8-11,14H,7,12-13,15-16,26H2,1-2H3,(H,27,31,33). The predicted molar refractivity (Wildman–Crippen MR) is 133 cm³/mol. The zero-order chi connectivity index (χ0) is 26.1. The number of H-pyrrole nitrogens is 1. The summed E-state index contributed by atoms with van der Waals surface area (Å²) in [7, 11) is 2.76. The van der Waals surface area contributed by atoms with Gasteiger partial charge >= 0.3 is 11.7 Å². The highest BCUT2D eigenvalue weighted by Gasteiger charge is 2.25. The first-order valence-electron chi connectivity index (χ1n) is 11.1. The third-order valence-electron chi connectivity index (χ3n) is 5.31. The Hall–Kier alpha value is -4.38. The van der Waals surface area contributed by atoms with Gasteiger partial charge in [-0.15, -0.1) is 0 Å². The van der Waals surface area contributed by atoms with Crippen molar-refractivity contribution in [3.63, 3.8) is 0 Å². The lowest BCUT2D eigenvalue weighted by Gasteiger charge is -2.25. The number of carbonyl (C=O) groups excluding carboxylic acids is 2. The van der Waals surface area contributed by atoms with Crippen molar-refractivity contribution in [3.8, 4) is 5.75 Å². The van der Waals surface area contributed by atoms with E-state index in [0.717, 1.165) is 5.56 Å². The van der Waals surface area contributed by atoms with Crippen LogP contribution >= 0.6 is 0 Å². The first-order chi connectivity index (χ1) is 17.3. The molecule has 36 heavy (non-hydrogen) atoms. The number of nitrogen functional groups attached to an aromatic ring is 1. The Kier molecular flexibility index (Phi) is 9.01. The Morgan fingerprint density at radius 2 is 1.81 bits per heavy atom. The summed E-state index contributed by atoms with van der Waals surface area (Å²) in [5, 5.41) is 0. The van der Waals surface area contributed by atoms with Crippen molar-refractivity contribution in [3.05, 3.63) is 86.6 Å². The van der Waals surface area contributed by atoms with E-state index in [9.17, 15) is 19.2 Å². The van der Waals surface area contributed by atoms with Crippen molar-refractivity contribution in [2.75, 3.05) is 44.6 Å². The molecule has 0 fully saturated rings. The SMILES string of the molecule is COCCCN(C(=O)c1cccc(OCC(=O)OC)c1)c1c(N)n(Cc2ccccc2)c(=O)[nH]c1=O. The Morgan fingerprint density at radius 1 is 1.06 bits per heavy atom. The molecule has 0 saturated heterocycles. The molecule has 0 aliphatic heterocycles. The molecule has 0 spiro atoms. The van der Waals surface area contributed by atoms with Gasteiger partial charge in [0, 0.05) is 25.8 Å². The first kappa shape index (κ1) is 26.2. The highest BCUT2D eigenvalue weighted by atomic mass is 16.6. The van der Waals surface area contributed by atoms with Crippen molar-refractivity contribution in [2.45, 2.75) is 13.0 Å². The topological polar surface area (TPSA) is 146 Å².